The summed E-state index contributed by atoms with van der Waals surface area (Å²) in [4.78, 5) is 11.3. The van der Waals surface area contributed by atoms with Gasteiger partial charge in [-0.1, -0.05) is 6.92 Å². The topological polar surface area (TPSA) is 17.1 Å². The van der Waals surface area contributed by atoms with Gasteiger partial charge in [0.1, 0.15) is 5.78 Å². The van der Waals surface area contributed by atoms with E-state index < -0.39 is 0 Å². The molecule has 2 aliphatic carbocycles. The minimum atomic E-state index is -0.114. The smallest absolute Gasteiger partial charge is 0.138 e. The van der Waals surface area contributed by atoms with E-state index in [1.807, 2.05) is 0 Å². The fourth-order valence-electron chi connectivity index (χ4n) is 2.34. The van der Waals surface area contributed by atoms with Crippen molar-refractivity contribution in [2.75, 3.05) is 0 Å². The minimum absolute atomic E-state index is 0.000571. The van der Waals surface area contributed by atoms with Gasteiger partial charge in [-0.2, -0.15) is 0 Å². The van der Waals surface area contributed by atoms with Gasteiger partial charge in [0.05, 0.1) is 10.8 Å². The quantitative estimate of drug-likeness (QED) is 0.539. The molecule has 11 heavy (non-hydrogen) atoms. The van der Waals surface area contributed by atoms with Crippen LogP contribution in [0.1, 0.15) is 19.8 Å². The third-order valence-electron chi connectivity index (χ3n) is 3.20. The summed E-state index contributed by atoms with van der Waals surface area (Å²) >= 11 is 12.0. The van der Waals surface area contributed by atoms with Gasteiger partial charge < -0.3 is 0 Å². The van der Waals surface area contributed by atoms with Crippen molar-refractivity contribution in [1.82, 2.24) is 0 Å². The van der Waals surface area contributed by atoms with Gasteiger partial charge in [-0.25, -0.2) is 0 Å². The number of alkyl halides is 2. The second-order valence-corrected chi connectivity index (χ2v) is 4.77. The van der Waals surface area contributed by atoms with Crippen LogP contribution in [0.3, 0.4) is 0 Å². The van der Waals surface area contributed by atoms with Gasteiger partial charge in [0.2, 0.25) is 0 Å². The van der Waals surface area contributed by atoms with Gasteiger partial charge >= 0.3 is 0 Å². The molecule has 2 fully saturated rings. The van der Waals surface area contributed by atoms with E-state index in [1.54, 1.807) is 0 Å². The summed E-state index contributed by atoms with van der Waals surface area (Å²) < 4.78 is 0. The van der Waals surface area contributed by atoms with Crippen LogP contribution in [0.15, 0.2) is 0 Å². The number of hydrogen-bond donors (Lipinski definition) is 0. The Balaban J connectivity index is 2.28. The summed E-state index contributed by atoms with van der Waals surface area (Å²) in [6.07, 6.45) is 1.60. The summed E-state index contributed by atoms with van der Waals surface area (Å²) in [6, 6.07) is 0. The fraction of sp³-hybridized carbons (Fsp3) is 0.875. The highest BCUT2D eigenvalue weighted by molar-refractivity contribution is 6.33. The maximum absolute atomic E-state index is 11.3. The van der Waals surface area contributed by atoms with E-state index in [2.05, 4.69) is 6.92 Å². The SMILES string of the molecule is CC12CCC(=O)C1C(Cl)C2Cl. The molecule has 4 unspecified atom stereocenters. The van der Waals surface area contributed by atoms with E-state index in [1.165, 1.54) is 0 Å². The first-order chi connectivity index (χ1) is 5.07. The highest BCUT2D eigenvalue weighted by Gasteiger charge is 2.63. The summed E-state index contributed by atoms with van der Waals surface area (Å²) in [7, 11) is 0. The number of Topliss-reactive ketones (excluding diaryl/α,β-unsaturated/α-hetero) is 1. The second-order valence-electron chi connectivity index (χ2n) is 3.80. The normalized spacial score (nSPS) is 55.5. The molecule has 3 heteroatoms. The molecule has 0 saturated heterocycles. The molecular formula is C8H10Cl2O. The number of carbonyl (C=O) groups is 1. The molecule has 0 aromatic heterocycles. The van der Waals surface area contributed by atoms with Crippen LogP contribution in [0, 0.1) is 11.3 Å². The lowest BCUT2D eigenvalue weighted by Crippen LogP contribution is -2.56. The molecule has 0 radical (unpaired) electrons. The zero-order valence-electron chi connectivity index (χ0n) is 6.31. The maximum Gasteiger partial charge on any atom is 0.138 e. The zero-order chi connectivity index (χ0) is 8.22. The van der Waals surface area contributed by atoms with Gasteiger partial charge in [-0.05, 0) is 11.8 Å². The van der Waals surface area contributed by atoms with E-state index in [-0.39, 0.29) is 22.1 Å². The van der Waals surface area contributed by atoms with Crippen molar-refractivity contribution in [3.8, 4) is 0 Å². The van der Waals surface area contributed by atoms with Crippen LogP contribution < -0.4 is 0 Å². The van der Waals surface area contributed by atoms with Crippen LogP contribution in [0.25, 0.3) is 0 Å². The third-order valence-corrected chi connectivity index (χ3v) is 4.60. The average molecular weight is 193 g/mol. The lowest BCUT2D eigenvalue weighted by atomic mass is 9.62. The molecule has 2 rings (SSSR count). The van der Waals surface area contributed by atoms with Crippen LogP contribution in [0.2, 0.25) is 0 Å². The molecule has 62 valence electrons. The predicted octanol–water partition coefficient (Wildman–Crippen LogP) is 2.20. The summed E-state index contributed by atoms with van der Waals surface area (Å²) in [5.41, 5.74) is 0.0189. The third kappa shape index (κ3) is 0.762. The predicted molar refractivity (Wildman–Crippen MR) is 45.1 cm³/mol. The van der Waals surface area contributed by atoms with Crippen LogP contribution >= 0.6 is 23.2 Å². The van der Waals surface area contributed by atoms with E-state index in [4.69, 9.17) is 23.2 Å². The minimum Gasteiger partial charge on any atom is -0.299 e. The molecule has 0 amide bonds. The Morgan fingerprint density at radius 2 is 2.18 bits per heavy atom. The second kappa shape index (κ2) is 2.14. The van der Waals surface area contributed by atoms with Gasteiger partial charge in [0.25, 0.3) is 0 Å². The lowest BCUT2D eigenvalue weighted by molar-refractivity contribution is -0.125. The van der Waals surface area contributed by atoms with E-state index in [0.717, 1.165) is 6.42 Å². The molecule has 0 N–H and O–H groups in total. The van der Waals surface area contributed by atoms with Crippen LogP contribution in [0.5, 0.6) is 0 Å². The Morgan fingerprint density at radius 1 is 1.55 bits per heavy atom. The standard InChI is InChI=1S/C8H10Cl2O/c1-8-3-2-4(11)5(8)6(9)7(8)10/h5-7H,2-3H2,1H3. The average Bonchev–Trinajstić information content (AvgIpc) is 2.25. The van der Waals surface area contributed by atoms with Crippen molar-refractivity contribution >= 4 is 29.0 Å². The van der Waals surface area contributed by atoms with E-state index in [9.17, 15) is 4.79 Å². The van der Waals surface area contributed by atoms with Gasteiger partial charge in [-0.15, -0.1) is 23.2 Å². The van der Waals surface area contributed by atoms with Gasteiger partial charge in [0.15, 0.2) is 0 Å². The van der Waals surface area contributed by atoms with Crippen LogP contribution in [0.4, 0.5) is 0 Å². The molecule has 2 saturated carbocycles. The van der Waals surface area contributed by atoms with Crippen molar-refractivity contribution in [3.63, 3.8) is 0 Å². The number of halogens is 2. The number of hydrogen-bond acceptors (Lipinski definition) is 1. The first-order valence-corrected chi connectivity index (χ1v) is 4.75. The van der Waals surface area contributed by atoms with Crippen LogP contribution in [-0.2, 0) is 4.79 Å². The maximum atomic E-state index is 11.3. The molecule has 1 nitrogen and oxygen atoms in total. The zero-order valence-corrected chi connectivity index (χ0v) is 7.82. The molecule has 0 bridgehead atoms. The Bertz CT molecular complexity index is 216. The van der Waals surface area contributed by atoms with E-state index in [0.29, 0.717) is 12.2 Å². The summed E-state index contributed by atoms with van der Waals surface area (Å²) in [6.45, 7) is 2.07. The van der Waals surface area contributed by atoms with Gasteiger partial charge in [0, 0.05) is 12.3 Å². The Morgan fingerprint density at radius 3 is 2.73 bits per heavy atom. The molecule has 0 spiro atoms. The Kier molecular flexibility index (Phi) is 1.53. The molecule has 0 aliphatic heterocycles. The molecule has 0 aromatic rings. The lowest BCUT2D eigenvalue weighted by Gasteiger charge is -2.50. The first-order valence-electron chi connectivity index (χ1n) is 3.88. The van der Waals surface area contributed by atoms with Crippen molar-refractivity contribution < 1.29 is 4.79 Å². The Hall–Kier alpha value is 0.250. The largest absolute Gasteiger partial charge is 0.299 e. The van der Waals surface area contributed by atoms with Crippen LogP contribution in [-0.4, -0.2) is 16.5 Å². The van der Waals surface area contributed by atoms with Crippen molar-refractivity contribution in [3.05, 3.63) is 0 Å². The number of fused-ring (bicyclic) bond motifs is 1. The molecule has 2 aliphatic rings. The summed E-state index contributed by atoms with van der Waals surface area (Å²) in [5, 5.41) is -0.114. The highest BCUT2D eigenvalue weighted by Crippen LogP contribution is 2.59. The molecule has 0 aromatic carbocycles. The monoisotopic (exact) mass is 192 g/mol. The number of carbonyl (C=O) groups excluding carboxylic acids is 1. The van der Waals surface area contributed by atoms with Crippen molar-refractivity contribution in [2.24, 2.45) is 11.3 Å². The molecule has 0 heterocycles. The van der Waals surface area contributed by atoms with Crippen molar-refractivity contribution in [2.45, 2.75) is 30.5 Å². The van der Waals surface area contributed by atoms with Crippen molar-refractivity contribution in [1.29, 1.82) is 0 Å². The fourth-order valence-corrected chi connectivity index (χ4v) is 3.44. The number of rotatable bonds is 0. The molecular weight excluding hydrogens is 183 g/mol. The van der Waals surface area contributed by atoms with Gasteiger partial charge in [-0.3, -0.25) is 4.79 Å². The summed E-state index contributed by atoms with van der Waals surface area (Å²) in [5.74, 6) is 0.357. The van der Waals surface area contributed by atoms with E-state index >= 15 is 0 Å². The highest BCUT2D eigenvalue weighted by atomic mass is 35.5. The Labute approximate surface area is 76.1 Å². The first kappa shape index (κ1) is 7.88. The molecule has 4 atom stereocenters. The number of ketones is 1.